The number of amides is 2. The number of aryl methyl sites for hydroxylation is 1. The van der Waals surface area contributed by atoms with E-state index in [1.165, 1.54) is 0 Å². The highest BCUT2D eigenvalue weighted by molar-refractivity contribution is 9.10. The molecule has 0 aliphatic carbocycles. The Labute approximate surface area is 174 Å². The molecule has 1 heterocycles. The molecule has 1 aliphatic heterocycles. The molecular formula is C22H25BrN2O3. The van der Waals surface area contributed by atoms with Gasteiger partial charge in [-0.25, -0.2) is 0 Å². The maximum atomic E-state index is 13.1. The van der Waals surface area contributed by atoms with Gasteiger partial charge in [-0.1, -0.05) is 34.1 Å². The number of rotatable bonds is 6. The van der Waals surface area contributed by atoms with Gasteiger partial charge in [0.25, 0.3) is 5.91 Å². The van der Waals surface area contributed by atoms with Crippen molar-refractivity contribution < 1.29 is 14.3 Å². The highest BCUT2D eigenvalue weighted by atomic mass is 79.9. The Morgan fingerprint density at radius 2 is 2.00 bits per heavy atom. The van der Waals surface area contributed by atoms with Gasteiger partial charge in [-0.15, -0.1) is 0 Å². The van der Waals surface area contributed by atoms with Gasteiger partial charge < -0.3 is 15.0 Å². The number of hydrogen-bond acceptors (Lipinski definition) is 3. The van der Waals surface area contributed by atoms with E-state index in [2.05, 4.69) is 21.2 Å². The van der Waals surface area contributed by atoms with Gasteiger partial charge in [-0.3, -0.25) is 9.59 Å². The summed E-state index contributed by atoms with van der Waals surface area (Å²) in [6, 6.07) is 13.0. The van der Waals surface area contributed by atoms with Gasteiger partial charge in [0, 0.05) is 28.9 Å². The second-order valence-electron chi connectivity index (χ2n) is 7.13. The van der Waals surface area contributed by atoms with Crippen LogP contribution in [0.25, 0.3) is 0 Å². The Kier molecular flexibility index (Phi) is 6.86. The molecule has 1 aliphatic rings. The summed E-state index contributed by atoms with van der Waals surface area (Å²) in [5.41, 5.74) is 3.46. The summed E-state index contributed by atoms with van der Waals surface area (Å²) in [7, 11) is 0. The van der Waals surface area contributed by atoms with Crippen LogP contribution in [0.2, 0.25) is 0 Å². The van der Waals surface area contributed by atoms with Crippen molar-refractivity contribution in [2.45, 2.75) is 32.8 Å². The molecule has 1 saturated heterocycles. The van der Waals surface area contributed by atoms with Crippen LogP contribution in [0.1, 0.15) is 34.3 Å². The first-order chi connectivity index (χ1) is 13.4. The minimum absolute atomic E-state index is 0.0153. The summed E-state index contributed by atoms with van der Waals surface area (Å²) >= 11 is 3.40. The number of nitrogens with one attached hydrogen (secondary N) is 1. The van der Waals surface area contributed by atoms with E-state index < -0.39 is 0 Å². The van der Waals surface area contributed by atoms with E-state index in [-0.39, 0.29) is 24.5 Å². The first kappa shape index (κ1) is 20.6. The van der Waals surface area contributed by atoms with Crippen LogP contribution in [0, 0.1) is 13.8 Å². The fraction of sp³-hybridized carbons (Fsp3) is 0.364. The zero-order chi connectivity index (χ0) is 20.1. The van der Waals surface area contributed by atoms with Gasteiger partial charge in [0.2, 0.25) is 5.91 Å². The molecule has 1 unspecified atom stereocenters. The quantitative estimate of drug-likeness (QED) is 0.721. The summed E-state index contributed by atoms with van der Waals surface area (Å²) in [6.07, 6.45) is 1.86. The van der Waals surface area contributed by atoms with E-state index in [0.29, 0.717) is 18.7 Å². The third kappa shape index (κ3) is 5.20. The SMILES string of the molecule is Cc1cccc(NC(=O)CN(CC2CCCO2)C(=O)c2cccc(Br)c2)c1C. The second kappa shape index (κ2) is 9.34. The monoisotopic (exact) mass is 444 g/mol. The van der Waals surface area contributed by atoms with Crippen LogP contribution in [0.5, 0.6) is 0 Å². The lowest BCUT2D eigenvalue weighted by Crippen LogP contribution is -2.42. The van der Waals surface area contributed by atoms with Crippen molar-refractivity contribution in [2.75, 3.05) is 25.0 Å². The molecule has 1 fully saturated rings. The largest absolute Gasteiger partial charge is 0.376 e. The number of benzene rings is 2. The summed E-state index contributed by atoms with van der Waals surface area (Å²) in [6.45, 7) is 5.08. The number of carbonyl (C=O) groups excluding carboxylic acids is 2. The van der Waals surface area contributed by atoms with Crippen molar-refractivity contribution in [3.63, 3.8) is 0 Å². The van der Waals surface area contributed by atoms with Crippen molar-refractivity contribution in [1.82, 2.24) is 4.90 Å². The highest BCUT2D eigenvalue weighted by Crippen LogP contribution is 2.20. The summed E-state index contributed by atoms with van der Waals surface area (Å²) in [5.74, 6) is -0.386. The first-order valence-electron chi connectivity index (χ1n) is 9.46. The standard InChI is InChI=1S/C22H25BrN2O3/c1-15-6-3-10-20(16(15)2)24-21(26)14-25(13-19-9-5-11-28-19)22(27)17-7-4-8-18(23)12-17/h3-4,6-8,10,12,19H,5,9,11,13-14H2,1-2H3,(H,24,26). The van der Waals surface area contributed by atoms with Crippen LogP contribution in [-0.4, -0.2) is 42.5 Å². The predicted octanol–water partition coefficient (Wildman–Crippen LogP) is 4.33. The van der Waals surface area contributed by atoms with Gasteiger partial charge in [0.15, 0.2) is 0 Å². The van der Waals surface area contributed by atoms with Crippen LogP contribution in [0.4, 0.5) is 5.69 Å². The number of anilines is 1. The van der Waals surface area contributed by atoms with Gasteiger partial charge >= 0.3 is 0 Å². The summed E-state index contributed by atoms with van der Waals surface area (Å²) < 4.78 is 6.52. The topological polar surface area (TPSA) is 58.6 Å². The third-order valence-electron chi connectivity index (χ3n) is 5.02. The maximum absolute atomic E-state index is 13.1. The second-order valence-corrected chi connectivity index (χ2v) is 8.04. The molecule has 28 heavy (non-hydrogen) atoms. The predicted molar refractivity (Wildman–Crippen MR) is 114 cm³/mol. The van der Waals surface area contributed by atoms with E-state index in [0.717, 1.165) is 34.1 Å². The number of ether oxygens (including phenoxy) is 1. The molecule has 0 aromatic heterocycles. The van der Waals surface area contributed by atoms with Gasteiger partial charge in [-0.05, 0) is 62.1 Å². The molecule has 2 amide bonds. The maximum Gasteiger partial charge on any atom is 0.254 e. The normalized spacial score (nSPS) is 16.0. The fourth-order valence-corrected chi connectivity index (χ4v) is 3.71. The van der Waals surface area contributed by atoms with Gasteiger partial charge in [-0.2, -0.15) is 0 Å². The molecule has 2 aromatic rings. The Morgan fingerprint density at radius 1 is 1.21 bits per heavy atom. The highest BCUT2D eigenvalue weighted by Gasteiger charge is 2.25. The summed E-state index contributed by atoms with van der Waals surface area (Å²) in [4.78, 5) is 27.4. The smallest absolute Gasteiger partial charge is 0.254 e. The average Bonchev–Trinajstić information content (AvgIpc) is 3.17. The van der Waals surface area contributed by atoms with Crippen LogP contribution < -0.4 is 5.32 Å². The van der Waals surface area contributed by atoms with E-state index >= 15 is 0 Å². The zero-order valence-corrected chi connectivity index (χ0v) is 17.8. The van der Waals surface area contributed by atoms with Crippen molar-refractivity contribution in [2.24, 2.45) is 0 Å². The number of nitrogens with zero attached hydrogens (tertiary/aromatic N) is 1. The van der Waals surface area contributed by atoms with Crippen molar-refractivity contribution in [3.8, 4) is 0 Å². The number of halogens is 1. The Bertz CT molecular complexity index is 863. The molecule has 5 nitrogen and oxygen atoms in total. The molecule has 0 bridgehead atoms. The molecule has 3 rings (SSSR count). The molecule has 0 saturated carbocycles. The van der Waals surface area contributed by atoms with E-state index in [1.807, 2.05) is 44.2 Å². The minimum atomic E-state index is -0.213. The Balaban J connectivity index is 1.75. The zero-order valence-electron chi connectivity index (χ0n) is 16.2. The van der Waals surface area contributed by atoms with E-state index in [9.17, 15) is 9.59 Å². The van der Waals surface area contributed by atoms with Gasteiger partial charge in [0.1, 0.15) is 6.54 Å². The van der Waals surface area contributed by atoms with Crippen LogP contribution in [-0.2, 0) is 9.53 Å². The van der Waals surface area contributed by atoms with Crippen molar-refractivity contribution in [1.29, 1.82) is 0 Å². The first-order valence-corrected chi connectivity index (χ1v) is 10.3. The van der Waals surface area contributed by atoms with Crippen LogP contribution in [0.3, 0.4) is 0 Å². The molecule has 148 valence electrons. The van der Waals surface area contributed by atoms with Gasteiger partial charge in [0.05, 0.1) is 6.10 Å². The lowest BCUT2D eigenvalue weighted by Gasteiger charge is -2.25. The molecule has 6 heteroatoms. The van der Waals surface area contributed by atoms with Crippen LogP contribution >= 0.6 is 15.9 Å². The molecule has 1 atom stereocenters. The Hall–Kier alpha value is -2.18. The lowest BCUT2D eigenvalue weighted by molar-refractivity contribution is -0.117. The molecule has 0 radical (unpaired) electrons. The molecular weight excluding hydrogens is 420 g/mol. The number of carbonyl (C=O) groups is 2. The lowest BCUT2D eigenvalue weighted by atomic mass is 10.1. The minimum Gasteiger partial charge on any atom is -0.376 e. The van der Waals surface area contributed by atoms with E-state index in [1.54, 1.807) is 17.0 Å². The Morgan fingerprint density at radius 3 is 2.71 bits per heavy atom. The fourth-order valence-electron chi connectivity index (χ4n) is 3.31. The number of hydrogen-bond donors (Lipinski definition) is 1. The third-order valence-corrected chi connectivity index (χ3v) is 5.51. The van der Waals surface area contributed by atoms with Crippen molar-refractivity contribution in [3.05, 3.63) is 63.6 Å². The average molecular weight is 445 g/mol. The van der Waals surface area contributed by atoms with E-state index in [4.69, 9.17) is 4.74 Å². The summed E-state index contributed by atoms with van der Waals surface area (Å²) in [5, 5.41) is 2.94. The molecule has 2 aromatic carbocycles. The van der Waals surface area contributed by atoms with Crippen molar-refractivity contribution >= 4 is 33.4 Å². The van der Waals surface area contributed by atoms with Crippen LogP contribution in [0.15, 0.2) is 46.9 Å². The molecule has 1 N–H and O–H groups in total. The molecule has 0 spiro atoms.